The summed E-state index contributed by atoms with van der Waals surface area (Å²) < 4.78 is 1.73. The van der Waals surface area contributed by atoms with Crippen LogP contribution in [-0.2, 0) is 7.05 Å². The van der Waals surface area contributed by atoms with Crippen LogP contribution >= 0.6 is 12.6 Å². The number of thiol groups is 1. The lowest BCUT2D eigenvalue weighted by molar-refractivity contribution is 0.0338. The minimum Gasteiger partial charge on any atom is -0.389 e. The zero-order chi connectivity index (χ0) is 11.7. The van der Waals surface area contributed by atoms with Crippen molar-refractivity contribution >= 4 is 23.5 Å². The van der Waals surface area contributed by atoms with Crippen molar-refractivity contribution in [3.05, 3.63) is 30.0 Å². The van der Waals surface area contributed by atoms with Gasteiger partial charge in [0.2, 0.25) is 0 Å². The number of rotatable bonds is 3. The first-order valence-electron chi connectivity index (χ1n) is 5.02. The molecule has 16 heavy (non-hydrogen) atoms. The summed E-state index contributed by atoms with van der Waals surface area (Å²) in [7, 11) is 1.84. The van der Waals surface area contributed by atoms with E-state index in [2.05, 4.69) is 17.7 Å². The summed E-state index contributed by atoms with van der Waals surface area (Å²) >= 11 is 3.96. The zero-order valence-corrected chi connectivity index (χ0v) is 9.80. The molecule has 2 atom stereocenters. The highest BCUT2D eigenvalue weighted by Crippen LogP contribution is 2.22. The third kappa shape index (κ3) is 1.93. The van der Waals surface area contributed by atoms with E-state index in [-0.39, 0.29) is 5.75 Å². The van der Waals surface area contributed by atoms with E-state index in [1.807, 2.05) is 19.2 Å². The third-order valence-electron chi connectivity index (χ3n) is 2.67. The Morgan fingerprint density at radius 2 is 2.19 bits per heavy atom. The molecule has 2 N–H and O–H groups in total. The Labute approximate surface area is 98.9 Å². The summed E-state index contributed by atoms with van der Waals surface area (Å²) in [6, 6.07) is 5.51. The second-order valence-corrected chi connectivity index (χ2v) is 4.15. The fourth-order valence-corrected chi connectivity index (χ4v) is 1.87. The van der Waals surface area contributed by atoms with Gasteiger partial charge in [0.15, 0.2) is 0 Å². The smallest absolute Gasteiger partial charge is 0.106 e. The molecule has 1 aromatic carbocycles. The van der Waals surface area contributed by atoms with Crippen LogP contribution in [0.15, 0.2) is 24.4 Å². The highest BCUT2D eigenvalue weighted by molar-refractivity contribution is 7.80. The van der Waals surface area contributed by atoms with E-state index in [1.54, 1.807) is 16.9 Å². The number of aromatic nitrogens is 2. The minimum atomic E-state index is -0.906. The third-order valence-corrected chi connectivity index (χ3v) is 3.04. The minimum absolute atomic E-state index is 0.227. The van der Waals surface area contributed by atoms with Gasteiger partial charge in [0.25, 0.3) is 0 Å². The van der Waals surface area contributed by atoms with E-state index in [9.17, 15) is 10.2 Å². The lowest BCUT2D eigenvalue weighted by Gasteiger charge is -2.16. The lowest BCUT2D eigenvalue weighted by Crippen LogP contribution is -2.19. The van der Waals surface area contributed by atoms with Crippen molar-refractivity contribution in [2.45, 2.75) is 12.2 Å². The fraction of sp³-hybridized carbons (Fsp3) is 0.364. The van der Waals surface area contributed by atoms with Crippen LogP contribution in [0.3, 0.4) is 0 Å². The van der Waals surface area contributed by atoms with Gasteiger partial charge < -0.3 is 10.2 Å². The monoisotopic (exact) mass is 238 g/mol. The molecule has 1 aromatic heterocycles. The molecule has 5 heteroatoms. The first kappa shape index (κ1) is 11.4. The molecule has 2 unspecified atom stereocenters. The topological polar surface area (TPSA) is 58.3 Å². The summed E-state index contributed by atoms with van der Waals surface area (Å²) in [5, 5.41) is 24.5. The van der Waals surface area contributed by atoms with Crippen LogP contribution in [0.2, 0.25) is 0 Å². The largest absolute Gasteiger partial charge is 0.389 e. The highest BCUT2D eigenvalue weighted by atomic mass is 32.1. The van der Waals surface area contributed by atoms with Crippen LogP contribution in [0.1, 0.15) is 11.7 Å². The van der Waals surface area contributed by atoms with Gasteiger partial charge in [-0.25, -0.2) is 0 Å². The summed E-state index contributed by atoms with van der Waals surface area (Å²) in [6.07, 6.45) is 0.00591. The number of aryl methyl sites for hydroxylation is 1. The molecule has 0 saturated carbocycles. The van der Waals surface area contributed by atoms with Gasteiger partial charge in [-0.05, 0) is 11.6 Å². The van der Waals surface area contributed by atoms with Gasteiger partial charge in [-0.2, -0.15) is 17.7 Å². The second kappa shape index (κ2) is 4.45. The maximum Gasteiger partial charge on any atom is 0.106 e. The van der Waals surface area contributed by atoms with Crippen LogP contribution in [0.25, 0.3) is 10.9 Å². The number of hydrogen-bond acceptors (Lipinski definition) is 4. The Morgan fingerprint density at radius 1 is 1.44 bits per heavy atom. The molecule has 4 nitrogen and oxygen atoms in total. The summed E-state index contributed by atoms with van der Waals surface area (Å²) in [4.78, 5) is 0. The normalized spacial score (nSPS) is 15.2. The summed E-state index contributed by atoms with van der Waals surface area (Å²) in [6.45, 7) is 0. The van der Waals surface area contributed by atoms with Gasteiger partial charge in [0.1, 0.15) is 6.10 Å². The van der Waals surface area contributed by atoms with Gasteiger partial charge >= 0.3 is 0 Å². The SMILES string of the molecule is Cn1ncc2ccc(C(O)C(O)CS)cc21. The molecular formula is C11H14N2O2S. The van der Waals surface area contributed by atoms with Gasteiger partial charge in [0.05, 0.1) is 17.8 Å². The van der Waals surface area contributed by atoms with Crippen LogP contribution < -0.4 is 0 Å². The molecule has 1 heterocycles. The van der Waals surface area contributed by atoms with E-state index in [0.717, 1.165) is 10.9 Å². The lowest BCUT2D eigenvalue weighted by atomic mass is 10.0. The number of aliphatic hydroxyl groups is 2. The Hall–Kier alpha value is -1.04. The first-order valence-corrected chi connectivity index (χ1v) is 5.65. The predicted octanol–water partition coefficient (Wildman–Crippen LogP) is 0.897. The first-order chi connectivity index (χ1) is 7.63. The molecule has 0 spiro atoms. The molecule has 86 valence electrons. The van der Waals surface area contributed by atoms with E-state index in [0.29, 0.717) is 5.56 Å². The Kier molecular flexibility index (Phi) is 3.18. The van der Waals surface area contributed by atoms with E-state index < -0.39 is 12.2 Å². The average molecular weight is 238 g/mol. The van der Waals surface area contributed by atoms with Crippen molar-refractivity contribution in [3.8, 4) is 0 Å². The molecule has 0 aliphatic carbocycles. The number of aliphatic hydroxyl groups excluding tert-OH is 2. The number of fused-ring (bicyclic) bond motifs is 1. The molecule has 0 fully saturated rings. The van der Waals surface area contributed by atoms with Gasteiger partial charge in [0, 0.05) is 18.2 Å². The predicted molar refractivity (Wildman–Crippen MR) is 65.5 cm³/mol. The molecule has 0 radical (unpaired) electrons. The van der Waals surface area contributed by atoms with Crippen LogP contribution in [0.4, 0.5) is 0 Å². The Balaban J connectivity index is 2.41. The number of hydrogen-bond donors (Lipinski definition) is 3. The summed E-state index contributed by atoms with van der Waals surface area (Å²) in [5.41, 5.74) is 1.61. The zero-order valence-electron chi connectivity index (χ0n) is 8.91. The molecule has 2 aromatic rings. The number of benzene rings is 1. The van der Waals surface area contributed by atoms with Crippen molar-refractivity contribution < 1.29 is 10.2 Å². The molecule has 0 bridgehead atoms. The molecule has 2 rings (SSSR count). The van der Waals surface area contributed by atoms with E-state index in [4.69, 9.17) is 0 Å². The molecule has 0 aliphatic heterocycles. The van der Waals surface area contributed by atoms with Gasteiger partial charge in [-0.1, -0.05) is 12.1 Å². The van der Waals surface area contributed by atoms with Crippen LogP contribution in [0, 0.1) is 0 Å². The Bertz CT molecular complexity index is 498. The van der Waals surface area contributed by atoms with Crippen molar-refractivity contribution in [1.82, 2.24) is 9.78 Å². The van der Waals surface area contributed by atoms with E-state index in [1.165, 1.54) is 0 Å². The average Bonchev–Trinajstić information content (AvgIpc) is 2.68. The second-order valence-electron chi connectivity index (χ2n) is 3.78. The van der Waals surface area contributed by atoms with Gasteiger partial charge in [-0.15, -0.1) is 0 Å². The van der Waals surface area contributed by atoms with E-state index >= 15 is 0 Å². The van der Waals surface area contributed by atoms with Crippen molar-refractivity contribution in [3.63, 3.8) is 0 Å². The number of nitrogens with zero attached hydrogens (tertiary/aromatic N) is 2. The molecule has 0 aliphatic rings. The molecular weight excluding hydrogens is 224 g/mol. The van der Waals surface area contributed by atoms with Crippen molar-refractivity contribution in [1.29, 1.82) is 0 Å². The fourth-order valence-electron chi connectivity index (χ4n) is 1.67. The van der Waals surface area contributed by atoms with Crippen LogP contribution in [-0.4, -0.2) is 31.9 Å². The van der Waals surface area contributed by atoms with Crippen LogP contribution in [0.5, 0.6) is 0 Å². The van der Waals surface area contributed by atoms with Crippen molar-refractivity contribution in [2.24, 2.45) is 7.05 Å². The standard InChI is InChI=1S/C11H14N2O2S/c1-13-9-4-7(11(15)10(14)6-16)2-3-8(9)5-12-13/h2-5,10-11,14-16H,6H2,1H3. The van der Waals surface area contributed by atoms with Crippen molar-refractivity contribution in [2.75, 3.05) is 5.75 Å². The maximum absolute atomic E-state index is 9.85. The highest BCUT2D eigenvalue weighted by Gasteiger charge is 2.17. The van der Waals surface area contributed by atoms with Gasteiger partial charge in [-0.3, -0.25) is 4.68 Å². The molecule has 0 saturated heterocycles. The maximum atomic E-state index is 9.85. The quantitative estimate of drug-likeness (QED) is 0.696. The molecule has 0 amide bonds. The Morgan fingerprint density at radius 3 is 2.88 bits per heavy atom. The summed E-state index contributed by atoms with van der Waals surface area (Å²) in [5.74, 6) is 0.227.